The molecule has 27 heavy (non-hydrogen) atoms. The van der Waals surface area contributed by atoms with E-state index in [0.29, 0.717) is 44.3 Å². The topological polar surface area (TPSA) is 76.5 Å². The van der Waals surface area contributed by atoms with Gasteiger partial charge in [0.25, 0.3) is 5.91 Å². The van der Waals surface area contributed by atoms with E-state index in [-0.39, 0.29) is 18.4 Å². The highest BCUT2D eigenvalue weighted by Crippen LogP contribution is 2.19. The van der Waals surface area contributed by atoms with Crippen LogP contribution in [0.5, 0.6) is 5.75 Å². The van der Waals surface area contributed by atoms with Gasteiger partial charge in [-0.25, -0.2) is 0 Å². The minimum atomic E-state index is -0.0309. The quantitative estimate of drug-likeness (QED) is 0.804. The van der Waals surface area contributed by atoms with E-state index in [2.05, 4.69) is 10.4 Å². The lowest BCUT2D eigenvalue weighted by atomic mass is 10.2. The van der Waals surface area contributed by atoms with Crippen LogP contribution in [0.4, 0.5) is 0 Å². The third-order valence-electron chi connectivity index (χ3n) is 4.86. The van der Waals surface area contributed by atoms with E-state index in [1.54, 1.807) is 4.90 Å². The van der Waals surface area contributed by atoms with Gasteiger partial charge in [-0.05, 0) is 31.0 Å². The first-order chi connectivity index (χ1) is 13.2. The molecular weight excluding hydrogens is 344 g/mol. The number of aryl methyl sites for hydroxylation is 1. The summed E-state index contributed by atoms with van der Waals surface area (Å²) in [6.07, 6.45) is 3.29. The number of nitrogens with zero attached hydrogens (tertiary/aromatic N) is 3. The lowest BCUT2D eigenvalue weighted by Crippen LogP contribution is -2.40. The molecule has 0 radical (unpaired) electrons. The molecule has 1 N–H and O–H groups in total. The van der Waals surface area contributed by atoms with Crippen molar-refractivity contribution in [1.82, 2.24) is 20.0 Å². The van der Waals surface area contributed by atoms with Crippen molar-refractivity contribution in [3.05, 3.63) is 47.8 Å². The molecule has 2 amide bonds. The molecular formula is C20H24N4O3. The fourth-order valence-electron chi connectivity index (χ4n) is 3.18. The Balaban J connectivity index is 1.28. The summed E-state index contributed by atoms with van der Waals surface area (Å²) in [6.45, 7) is 1.85. The third-order valence-corrected chi connectivity index (χ3v) is 4.86. The van der Waals surface area contributed by atoms with Gasteiger partial charge in [-0.2, -0.15) is 5.10 Å². The lowest BCUT2D eigenvalue weighted by Gasteiger charge is -2.27. The average Bonchev–Trinajstić information content (AvgIpc) is 3.40. The number of benzene rings is 1. The number of amides is 2. The Morgan fingerprint density at radius 2 is 2.00 bits per heavy atom. The molecule has 0 unspecified atom stereocenters. The smallest absolute Gasteiger partial charge is 0.260 e. The highest BCUT2D eigenvalue weighted by Gasteiger charge is 2.24. The predicted molar refractivity (Wildman–Crippen MR) is 99.1 cm³/mol. The number of nitrogens with one attached hydrogen (secondary N) is 1. The number of rotatable bonds is 7. The summed E-state index contributed by atoms with van der Waals surface area (Å²) in [5.74, 6) is 0.759. The van der Waals surface area contributed by atoms with Crippen LogP contribution in [0.2, 0.25) is 0 Å². The van der Waals surface area contributed by atoms with Crippen LogP contribution in [0.15, 0.2) is 36.4 Å². The van der Waals surface area contributed by atoms with Crippen molar-refractivity contribution in [3.8, 4) is 5.75 Å². The molecule has 4 rings (SSSR count). The highest BCUT2D eigenvalue weighted by atomic mass is 16.5. The largest absolute Gasteiger partial charge is 0.484 e. The SMILES string of the molecule is O=C(CCc1cc2n(n1)CCN(C(=O)COc1ccccc1)C2)NC1CC1. The van der Waals surface area contributed by atoms with Crippen LogP contribution in [0.3, 0.4) is 0 Å². The van der Waals surface area contributed by atoms with Crippen LogP contribution in [-0.2, 0) is 29.1 Å². The van der Waals surface area contributed by atoms with E-state index in [4.69, 9.17) is 4.74 Å². The van der Waals surface area contributed by atoms with Crippen LogP contribution in [-0.4, -0.2) is 45.7 Å². The fourth-order valence-corrected chi connectivity index (χ4v) is 3.18. The van der Waals surface area contributed by atoms with Gasteiger partial charge in [0.15, 0.2) is 6.61 Å². The van der Waals surface area contributed by atoms with Crippen molar-refractivity contribution in [3.63, 3.8) is 0 Å². The molecule has 1 aliphatic carbocycles. The lowest BCUT2D eigenvalue weighted by molar-refractivity contribution is -0.134. The van der Waals surface area contributed by atoms with Gasteiger partial charge < -0.3 is 15.0 Å². The molecule has 142 valence electrons. The van der Waals surface area contributed by atoms with Crippen LogP contribution in [0, 0.1) is 0 Å². The molecule has 1 saturated carbocycles. The van der Waals surface area contributed by atoms with Crippen molar-refractivity contribution < 1.29 is 14.3 Å². The maximum atomic E-state index is 12.4. The second-order valence-electron chi connectivity index (χ2n) is 7.11. The molecule has 1 aliphatic heterocycles. The Morgan fingerprint density at radius 3 is 2.78 bits per heavy atom. The molecule has 0 saturated heterocycles. The van der Waals surface area contributed by atoms with E-state index < -0.39 is 0 Å². The first-order valence-electron chi connectivity index (χ1n) is 9.48. The van der Waals surface area contributed by atoms with Gasteiger partial charge >= 0.3 is 0 Å². The molecule has 2 heterocycles. The second-order valence-corrected chi connectivity index (χ2v) is 7.11. The van der Waals surface area contributed by atoms with E-state index in [0.717, 1.165) is 24.2 Å². The van der Waals surface area contributed by atoms with E-state index in [1.807, 2.05) is 41.1 Å². The van der Waals surface area contributed by atoms with Gasteiger partial charge in [0.05, 0.1) is 24.5 Å². The number of carbonyl (C=O) groups excluding carboxylic acids is 2. The van der Waals surface area contributed by atoms with Crippen LogP contribution >= 0.6 is 0 Å². The number of hydrogen-bond donors (Lipinski definition) is 1. The van der Waals surface area contributed by atoms with Gasteiger partial charge in [-0.3, -0.25) is 14.3 Å². The molecule has 1 aromatic carbocycles. The van der Waals surface area contributed by atoms with Gasteiger partial charge in [0.2, 0.25) is 5.91 Å². The minimum Gasteiger partial charge on any atom is -0.484 e. The monoisotopic (exact) mass is 368 g/mol. The van der Waals surface area contributed by atoms with E-state index in [9.17, 15) is 9.59 Å². The number of fused-ring (bicyclic) bond motifs is 1. The van der Waals surface area contributed by atoms with Gasteiger partial charge in [-0.1, -0.05) is 18.2 Å². The normalized spacial score (nSPS) is 15.9. The van der Waals surface area contributed by atoms with Crippen molar-refractivity contribution >= 4 is 11.8 Å². The van der Waals surface area contributed by atoms with Gasteiger partial charge in [-0.15, -0.1) is 0 Å². The summed E-state index contributed by atoms with van der Waals surface area (Å²) >= 11 is 0. The summed E-state index contributed by atoms with van der Waals surface area (Å²) in [4.78, 5) is 26.1. The van der Waals surface area contributed by atoms with Gasteiger partial charge in [0, 0.05) is 25.4 Å². The summed E-state index contributed by atoms with van der Waals surface area (Å²) in [5, 5.41) is 7.57. The molecule has 0 bridgehead atoms. The maximum Gasteiger partial charge on any atom is 0.260 e. The number of ether oxygens (including phenoxy) is 1. The van der Waals surface area contributed by atoms with Crippen LogP contribution in [0.1, 0.15) is 30.7 Å². The van der Waals surface area contributed by atoms with E-state index in [1.165, 1.54) is 0 Å². The van der Waals surface area contributed by atoms with E-state index >= 15 is 0 Å². The van der Waals surface area contributed by atoms with Crippen LogP contribution in [0.25, 0.3) is 0 Å². The number of hydrogen-bond acceptors (Lipinski definition) is 4. The molecule has 0 spiro atoms. The molecule has 2 aliphatic rings. The second kappa shape index (κ2) is 7.82. The summed E-state index contributed by atoms with van der Waals surface area (Å²) in [6, 6.07) is 11.7. The summed E-state index contributed by atoms with van der Waals surface area (Å²) in [5.41, 5.74) is 1.91. The number of aromatic nitrogens is 2. The summed E-state index contributed by atoms with van der Waals surface area (Å²) < 4.78 is 7.50. The first kappa shape index (κ1) is 17.6. The minimum absolute atomic E-state index is 0.0309. The number of para-hydroxylation sites is 1. The zero-order valence-corrected chi connectivity index (χ0v) is 15.3. The zero-order chi connectivity index (χ0) is 18.6. The van der Waals surface area contributed by atoms with Crippen molar-refractivity contribution in [1.29, 1.82) is 0 Å². The Hall–Kier alpha value is -2.83. The van der Waals surface area contributed by atoms with Gasteiger partial charge in [0.1, 0.15) is 5.75 Å². The Labute approximate surface area is 158 Å². The Morgan fingerprint density at radius 1 is 1.19 bits per heavy atom. The van der Waals surface area contributed by atoms with Crippen molar-refractivity contribution in [2.45, 2.75) is 44.8 Å². The average molecular weight is 368 g/mol. The van der Waals surface area contributed by atoms with Crippen molar-refractivity contribution in [2.75, 3.05) is 13.2 Å². The fraction of sp³-hybridized carbons (Fsp3) is 0.450. The molecule has 1 fully saturated rings. The molecule has 2 aromatic rings. The molecule has 0 atom stereocenters. The van der Waals surface area contributed by atoms with Crippen molar-refractivity contribution in [2.24, 2.45) is 0 Å². The first-order valence-corrected chi connectivity index (χ1v) is 9.48. The molecule has 1 aromatic heterocycles. The third kappa shape index (κ3) is 4.67. The summed E-state index contributed by atoms with van der Waals surface area (Å²) in [7, 11) is 0. The number of carbonyl (C=O) groups is 2. The Bertz CT molecular complexity index is 814. The predicted octanol–water partition coefficient (Wildman–Crippen LogP) is 1.52. The molecule has 7 heteroatoms. The molecule has 7 nitrogen and oxygen atoms in total. The Kier molecular flexibility index (Phi) is 5.09. The standard InChI is InChI=1S/C20H24N4O3/c25-19(21-15-6-7-15)9-8-16-12-17-13-23(10-11-24(17)22-16)20(26)14-27-18-4-2-1-3-5-18/h1-5,12,15H,6-11,13-14H2,(H,21,25). The van der Waals surface area contributed by atoms with Crippen LogP contribution < -0.4 is 10.1 Å². The highest BCUT2D eigenvalue weighted by molar-refractivity contribution is 5.78. The maximum absolute atomic E-state index is 12.4. The zero-order valence-electron chi connectivity index (χ0n) is 15.3.